The van der Waals surface area contributed by atoms with Gasteiger partial charge in [0.25, 0.3) is 20.0 Å². The molecule has 0 fully saturated rings. The van der Waals surface area contributed by atoms with E-state index in [9.17, 15) is 21.6 Å². The number of hydrogen-bond donors (Lipinski definition) is 1. The summed E-state index contributed by atoms with van der Waals surface area (Å²) in [4.78, 5) is 11.5. The van der Waals surface area contributed by atoms with Gasteiger partial charge in [0.15, 0.2) is 0 Å². The highest BCUT2D eigenvalue weighted by molar-refractivity contribution is 8.10. The van der Waals surface area contributed by atoms with E-state index in [1.54, 1.807) is 42.5 Å². The number of carbonyl (C=O) groups is 1. The monoisotopic (exact) mass is 540 g/mol. The van der Waals surface area contributed by atoms with Crippen LogP contribution < -0.4 is 9.03 Å². The topological polar surface area (TPSA) is 101 Å². The Morgan fingerprint density at radius 3 is 1.64 bits per heavy atom. The number of anilines is 2. The molecular formula is C26H21ClN2O5S2. The fraction of sp³-hybridized carbons (Fsp3) is 0.0385. The molecule has 0 radical (unpaired) electrons. The molecule has 1 amide bonds. The van der Waals surface area contributed by atoms with Crippen molar-refractivity contribution in [1.82, 2.24) is 0 Å². The van der Waals surface area contributed by atoms with Crippen LogP contribution in [0.5, 0.6) is 0 Å². The molecular weight excluding hydrogens is 520 g/mol. The largest absolute Gasteiger partial charge is 0.324 e. The molecule has 0 aliphatic carbocycles. The Hall–Kier alpha value is -3.66. The van der Waals surface area contributed by atoms with Crippen molar-refractivity contribution >= 4 is 48.9 Å². The predicted octanol–water partition coefficient (Wildman–Crippen LogP) is 5.55. The van der Waals surface area contributed by atoms with Gasteiger partial charge in [-0.1, -0.05) is 66.2 Å². The maximum absolute atomic E-state index is 13.9. The molecule has 0 saturated heterocycles. The number of nitrogens with one attached hydrogen (secondary N) is 1. The van der Waals surface area contributed by atoms with E-state index in [-0.39, 0.29) is 21.2 Å². The number of benzene rings is 4. The van der Waals surface area contributed by atoms with Crippen molar-refractivity contribution in [3.05, 3.63) is 108 Å². The number of nitrogens with zero attached hydrogens (tertiary/aromatic N) is 1. The van der Waals surface area contributed by atoms with Crippen molar-refractivity contribution in [3.63, 3.8) is 0 Å². The Morgan fingerprint density at radius 1 is 0.694 bits per heavy atom. The van der Waals surface area contributed by atoms with Gasteiger partial charge in [0.2, 0.25) is 5.91 Å². The third-order valence-electron chi connectivity index (χ3n) is 5.20. The fourth-order valence-electron chi connectivity index (χ4n) is 3.56. The number of hydrogen-bond acceptors (Lipinski definition) is 5. The van der Waals surface area contributed by atoms with E-state index in [4.69, 9.17) is 11.6 Å². The number of rotatable bonds is 7. The fourth-order valence-corrected chi connectivity index (χ4v) is 7.45. The van der Waals surface area contributed by atoms with Gasteiger partial charge in [0, 0.05) is 11.9 Å². The van der Waals surface area contributed by atoms with E-state index in [1.807, 2.05) is 0 Å². The Morgan fingerprint density at radius 2 is 1.17 bits per heavy atom. The van der Waals surface area contributed by atoms with Crippen LogP contribution in [0.1, 0.15) is 6.92 Å². The minimum Gasteiger partial charge on any atom is -0.324 e. The van der Waals surface area contributed by atoms with Crippen LogP contribution in [-0.4, -0.2) is 22.7 Å². The second-order valence-corrected chi connectivity index (χ2v) is 12.0. The van der Waals surface area contributed by atoms with Gasteiger partial charge in [0.05, 0.1) is 21.2 Å². The molecule has 0 heterocycles. The molecule has 4 rings (SSSR count). The van der Waals surface area contributed by atoms with Crippen molar-refractivity contribution in [2.45, 2.75) is 16.7 Å². The number of sulfonamides is 2. The number of halogens is 1. The van der Waals surface area contributed by atoms with Gasteiger partial charge in [-0.25, -0.2) is 16.8 Å². The third-order valence-corrected chi connectivity index (χ3v) is 9.63. The molecule has 4 aromatic rings. The average molecular weight is 541 g/mol. The summed E-state index contributed by atoms with van der Waals surface area (Å²) in [5, 5.41) is 3.07. The number of carbonyl (C=O) groups excluding carboxylic acids is 1. The summed E-state index contributed by atoms with van der Waals surface area (Å²) in [5.41, 5.74) is 0.973. The normalized spacial score (nSPS) is 11.6. The highest BCUT2D eigenvalue weighted by atomic mass is 35.5. The lowest BCUT2D eigenvalue weighted by Crippen LogP contribution is -2.37. The minimum absolute atomic E-state index is 0.0132. The van der Waals surface area contributed by atoms with Crippen LogP contribution in [0.25, 0.3) is 11.1 Å². The van der Waals surface area contributed by atoms with Crippen LogP contribution in [0.2, 0.25) is 5.02 Å². The Labute approximate surface area is 215 Å². The van der Waals surface area contributed by atoms with Crippen LogP contribution >= 0.6 is 11.6 Å². The minimum atomic E-state index is -4.65. The van der Waals surface area contributed by atoms with E-state index >= 15 is 0 Å². The summed E-state index contributed by atoms with van der Waals surface area (Å²) >= 11 is 6.00. The summed E-state index contributed by atoms with van der Waals surface area (Å²) in [6, 6.07) is 25.8. The molecule has 0 aromatic heterocycles. The second kappa shape index (κ2) is 10.1. The molecule has 0 spiro atoms. The molecule has 184 valence electrons. The van der Waals surface area contributed by atoms with Gasteiger partial charge in [-0.2, -0.15) is 3.71 Å². The van der Waals surface area contributed by atoms with E-state index in [0.29, 0.717) is 19.9 Å². The zero-order chi connectivity index (χ0) is 25.9. The zero-order valence-electron chi connectivity index (χ0n) is 19.0. The summed E-state index contributed by atoms with van der Waals surface area (Å²) in [6.45, 7) is 1.25. The Kier molecular flexibility index (Phi) is 7.16. The van der Waals surface area contributed by atoms with Gasteiger partial charge >= 0.3 is 0 Å². The number of amides is 1. The van der Waals surface area contributed by atoms with Crippen LogP contribution in [0.3, 0.4) is 0 Å². The van der Waals surface area contributed by atoms with Crippen molar-refractivity contribution in [3.8, 4) is 11.1 Å². The first-order valence-corrected chi connectivity index (χ1v) is 13.9. The van der Waals surface area contributed by atoms with Crippen LogP contribution in [0.4, 0.5) is 11.4 Å². The zero-order valence-corrected chi connectivity index (χ0v) is 21.4. The molecule has 10 heteroatoms. The maximum Gasteiger partial charge on any atom is 0.277 e. The molecule has 0 bridgehead atoms. The molecule has 1 N–H and O–H groups in total. The highest BCUT2D eigenvalue weighted by Gasteiger charge is 2.38. The van der Waals surface area contributed by atoms with E-state index in [0.717, 1.165) is 0 Å². The first-order chi connectivity index (χ1) is 17.1. The molecule has 0 saturated carbocycles. The molecule has 7 nitrogen and oxygen atoms in total. The highest BCUT2D eigenvalue weighted by Crippen LogP contribution is 2.39. The molecule has 0 atom stereocenters. The van der Waals surface area contributed by atoms with Crippen molar-refractivity contribution in [2.24, 2.45) is 0 Å². The molecule has 36 heavy (non-hydrogen) atoms. The van der Waals surface area contributed by atoms with E-state index in [2.05, 4.69) is 5.32 Å². The maximum atomic E-state index is 13.9. The summed E-state index contributed by atoms with van der Waals surface area (Å²) in [6.07, 6.45) is 0. The predicted molar refractivity (Wildman–Crippen MR) is 141 cm³/mol. The lowest BCUT2D eigenvalue weighted by Gasteiger charge is -2.26. The lowest BCUT2D eigenvalue weighted by molar-refractivity contribution is -0.114. The van der Waals surface area contributed by atoms with Gasteiger partial charge in [0.1, 0.15) is 0 Å². The smallest absolute Gasteiger partial charge is 0.277 e. The van der Waals surface area contributed by atoms with Crippen molar-refractivity contribution < 1.29 is 21.6 Å². The first kappa shape index (κ1) is 25.4. The van der Waals surface area contributed by atoms with Gasteiger partial charge < -0.3 is 5.32 Å². The molecule has 0 aliphatic heterocycles. The van der Waals surface area contributed by atoms with Gasteiger partial charge in [-0.3, -0.25) is 4.79 Å². The van der Waals surface area contributed by atoms with Gasteiger partial charge in [-0.05, 0) is 59.7 Å². The lowest BCUT2D eigenvalue weighted by atomic mass is 10.0. The standard InChI is InChI=1S/C26H21ClN2O5S2/c1-19(30)28-25-17-14-21(20-12-15-22(27)16-13-20)18-26(25)29(35(31,32)23-8-4-2-5-9-23)36(33,34)24-10-6-3-7-11-24/h2-18H,1H3,(H,28,30). The molecule has 0 aliphatic rings. The van der Waals surface area contributed by atoms with E-state index < -0.39 is 26.0 Å². The summed E-state index contributed by atoms with van der Waals surface area (Å²) < 4.78 is 56.0. The van der Waals surface area contributed by atoms with Crippen molar-refractivity contribution in [1.29, 1.82) is 0 Å². The van der Waals surface area contributed by atoms with Gasteiger partial charge in [-0.15, -0.1) is 0 Å². The quantitative estimate of drug-likeness (QED) is 0.331. The first-order valence-electron chi connectivity index (χ1n) is 10.7. The third kappa shape index (κ3) is 5.13. The Balaban J connectivity index is 2.04. The van der Waals surface area contributed by atoms with Crippen molar-refractivity contribution in [2.75, 3.05) is 9.03 Å². The van der Waals surface area contributed by atoms with Crippen LogP contribution in [0, 0.1) is 0 Å². The average Bonchev–Trinajstić information content (AvgIpc) is 2.86. The summed E-state index contributed by atoms with van der Waals surface area (Å²) in [7, 11) is -9.30. The second-order valence-electron chi connectivity index (χ2n) is 7.75. The van der Waals surface area contributed by atoms with E-state index in [1.165, 1.54) is 67.6 Å². The SMILES string of the molecule is CC(=O)Nc1ccc(-c2ccc(Cl)cc2)cc1N(S(=O)(=O)c1ccccc1)S(=O)(=O)c1ccccc1. The molecule has 0 unspecified atom stereocenters. The van der Waals surface area contributed by atoms with Crippen LogP contribution in [0.15, 0.2) is 113 Å². The van der Waals surface area contributed by atoms with Crippen LogP contribution in [-0.2, 0) is 24.8 Å². The summed E-state index contributed by atoms with van der Waals surface area (Å²) in [5.74, 6) is -0.496. The Bertz CT molecular complexity index is 1540. The molecule has 4 aromatic carbocycles.